The molecule has 1 aliphatic rings. The summed E-state index contributed by atoms with van der Waals surface area (Å²) in [5.74, 6) is -2.51. The zero-order valence-electron chi connectivity index (χ0n) is 14.6. The molecule has 6 nitrogen and oxygen atoms in total. The molecule has 6 heteroatoms. The highest BCUT2D eigenvalue weighted by atomic mass is 16.4. The first-order valence-corrected chi connectivity index (χ1v) is 8.32. The van der Waals surface area contributed by atoms with Crippen molar-refractivity contribution in [2.24, 2.45) is 0 Å². The van der Waals surface area contributed by atoms with Gasteiger partial charge in [0.25, 0.3) is 0 Å². The van der Waals surface area contributed by atoms with E-state index < -0.39 is 11.9 Å². The van der Waals surface area contributed by atoms with Crippen LogP contribution in [0, 0.1) is 0 Å². The summed E-state index contributed by atoms with van der Waals surface area (Å²) >= 11 is 0. The maximum atomic E-state index is 9.55. The molecule has 1 aliphatic heterocycles. The largest absolute Gasteiger partial charge is 0.478 e. The van der Waals surface area contributed by atoms with Gasteiger partial charge in [-0.25, -0.2) is 9.59 Å². The molecule has 2 aromatic rings. The summed E-state index contributed by atoms with van der Waals surface area (Å²) in [5.41, 5.74) is 3.80. The van der Waals surface area contributed by atoms with Crippen LogP contribution in [0.3, 0.4) is 0 Å². The maximum Gasteiger partial charge on any atom is 0.328 e. The number of benzene rings is 1. The lowest BCUT2D eigenvalue weighted by molar-refractivity contribution is -0.134. The molecular weight excluding hydrogens is 332 g/mol. The third-order valence-electron chi connectivity index (χ3n) is 4.14. The van der Waals surface area contributed by atoms with Crippen molar-refractivity contribution in [3.63, 3.8) is 0 Å². The Morgan fingerprint density at radius 1 is 1.08 bits per heavy atom. The molecule has 1 fully saturated rings. The number of carboxylic acid groups (broad SMARTS) is 2. The Kier molecular flexibility index (Phi) is 7.05. The summed E-state index contributed by atoms with van der Waals surface area (Å²) in [6.07, 6.45) is 7.62. The molecule has 136 valence electrons. The third kappa shape index (κ3) is 5.82. The Morgan fingerprint density at radius 3 is 2.27 bits per heavy atom. The van der Waals surface area contributed by atoms with E-state index in [-0.39, 0.29) is 0 Å². The van der Waals surface area contributed by atoms with E-state index in [0.717, 1.165) is 0 Å². The molecule has 1 aromatic heterocycles. The van der Waals surface area contributed by atoms with Gasteiger partial charge in [-0.15, -0.1) is 0 Å². The molecule has 1 saturated heterocycles. The van der Waals surface area contributed by atoms with Gasteiger partial charge in [0.05, 0.1) is 0 Å². The van der Waals surface area contributed by atoms with Crippen LogP contribution < -0.4 is 0 Å². The first-order valence-electron chi connectivity index (χ1n) is 8.32. The Morgan fingerprint density at radius 2 is 1.73 bits per heavy atom. The standard InChI is InChI=1S/C16H18N2.C4H4O4/c1-18-9-5-8-16(18)15-10-14(11-17-12-15)13-6-3-2-4-7-13;5-3(6)1-2-4(7)8/h2-4,6-7,10-12,16H,5,8-9H2,1H3;1-2H,(H,5,6)(H,7,8). The quantitative estimate of drug-likeness (QED) is 0.819. The molecule has 26 heavy (non-hydrogen) atoms. The van der Waals surface area contributed by atoms with E-state index in [1.165, 1.54) is 36.1 Å². The Labute approximate surface area is 152 Å². The van der Waals surface area contributed by atoms with Gasteiger partial charge in [-0.1, -0.05) is 30.3 Å². The number of likely N-dealkylation sites (tertiary alicyclic amines) is 1. The number of aliphatic carboxylic acids is 2. The van der Waals surface area contributed by atoms with Gasteiger partial charge in [-0.2, -0.15) is 0 Å². The molecule has 2 N–H and O–H groups in total. The highest BCUT2D eigenvalue weighted by Gasteiger charge is 2.22. The second-order valence-electron chi connectivity index (χ2n) is 6.02. The van der Waals surface area contributed by atoms with Crippen LogP contribution in [0.15, 0.2) is 60.9 Å². The smallest absolute Gasteiger partial charge is 0.328 e. The van der Waals surface area contributed by atoms with Crippen LogP contribution in [-0.2, 0) is 9.59 Å². The molecular formula is C20H22N2O4. The molecule has 3 rings (SSSR count). The van der Waals surface area contributed by atoms with Crippen LogP contribution in [0.1, 0.15) is 24.4 Å². The van der Waals surface area contributed by atoms with E-state index >= 15 is 0 Å². The Balaban J connectivity index is 0.000000260. The normalized spacial score (nSPS) is 16.9. The van der Waals surface area contributed by atoms with E-state index in [1.807, 2.05) is 18.5 Å². The van der Waals surface area contributed by atoms with Crippen LogP contribution >= 0.6 is 0 Å². The van der Waals surface area contributed by atoms with Crippen LogP contribution in [0.2, 0.25) is 0 Å². The van der Waals surface area contributed by atoms with Crippen molar-refractivity contribution >= 4 is 11.9 Å². The van der Waals surface area contributed by atoms with E-state index in [4.69, 9.17) is 10.2 Å². The second-order valence-corrected chi connectivity index (χ2v) is 6.02. The molecule has 0 bridgehead atoms. The third-order valence-corrected chi connectivity index (χ3v) is 4.14. The van der Waals surface area contributed by atoms with E-state index in [1.54, 1.807) is 0 Å². The van der Waals surface area contributed by atoms with Gasteiger partial charge in [0.1, 0.15) is 0 Å². The molecule has 0 amide bonds. The number of aromatic nitrogens is 1. The van der Waals surface area contributed by atoms with E-state index in [9.17, 15) is 9.59 Å². The average Bonchev–Trinajstić information content (AvgIpc) is 3.07. The Bertz CT molecular complexity index is 758. The molecule has 0 aliphatic carbocycles. The van der Waals surface area contributed by atoms with E-state index in [2.05, 4.69) is 47.3 Å². The van der Waals surface area contributed by atoms with Crippen molar-refractivity contribution in [3.05, 3.63) is 66.5 Å². The van der Waals surface area contributed by atoms with Gasteiger partial charge in [0, 0.05) is 36.2 Å². The molecule has 2 heterocycles. The maximum absolute atomic E-state index is 9.55. The fourth-order valence-electron chi connectivity index (χ4n) is 2.90. The lowest BCUT2D eigenvalue weighted by Crippen LogP contribution is -2.17. The molecule has 0 spiro atoms. The van der Waals surface area contributed by atoms with Gasteiger partial charge in [-0.3, -0.25) is 9.88 Å². The van der Waals surface area contributed by atoms with Crippen molar-refractivity contribution < 1.29 is 19.8 Å². The van der Waals surface area contributed by atoms with Gasteiger partial charge >= 0.3 is 11.9 Å². The van der Waals surface area contributed by atoms with Crippen molar-refractivity contribution in [1.82, 2.24) is 9.88 Å². The topological polar surface area (TPSA) is 90.7 Å². The Hall–Kier alpha value is -2.99. The number of carbonyl (C=O) groups is 2. The predicted octanol–water partition coefficient (Wildman–Crippen LogP) is 3.23. The highest BCUT2D eigenvalue weighted by Crippen LogP contribution is 2.31. The lowest BCUT2D eigenvalue weighted by Gasteiger charge is -2.19. The summed E-state index contributed by atoms with van der Waals surface area (Å²) in [6, 6.07) is 13.3. The molecule has 1 atom stereocenters. The summed E-state index contributed by atoms with van der Waals surface area (Å²) < 4.78 is 0. The van der Waals surface area contributed by atoms with Crippen LogP contribution in [0.4, 0.5) is 0 Å². The predicted molar refractivity (Wildman–Crippen MR) is 98.7 cm³/mol. The summed E-state index contributed by atoms with van der Waals surface area (Å²) in [6.45, 7) is 1.19. The van der Waals surface area contributed by atoms with Crippen LogP contribution in [-0.4, -0.2) is 45.6 Å². The summed E-state index contributed by atoms with van der Waals surface area (Å²) in [4.78, 5) is 25.9. The van der Waals surface area contributed by atoms with Crippen molar-refractivity contribution in [2.75, 3.05) is 13.6 Å². The van der Waals surface area contributed by atoms with Crippen molar-refractivity contribution in [2.45, 2.75) is 18.9 Å². The molecule has 0 radical (unpaired) electrons. The number of pyridine rings is 1. The minimum Gasteiger partial charge on any atom is -0.478 e. The molecule has 1 aromatic carbocycles. The summed E-state index contributed by atoms with van der Waals surface area (Å²) in [7, 11) is 2.20. The van der Waals surface area contributed by atoms with Gasteiger partial charge in [0.2, 0.25) is 0 Å². The number of nitrogens with zero attached hydrogens (tertiary/aromatic N) is 2. The van der Waals surface area contributed by atoms with Crippen LogP contribution in [0.5, 0.6) is 0 Å². The minimum absolute atomic E-state index is 0.543. The zero-order valence-corrected chi connectivity index (χ0v) is 14.6. The average molecular weight is 354 g/mol. The van der Waals surface area contributed by atoms with Crippen LogP contribution in [0.25, 0.3) is 11.1 Å². The fraction of sp³-hybridized carbons (Fsp3) is 0.250. The van der Waals surface area contributed by atoms with Gasteiger partial charge < -0.3 is 10.2 Å². The number of hydrogen-bond donors (Lipinski definition) is 2. The SMILES string of the molecule is CN1CCCC1c1cncc(-c2ccccc2)c1.O=C(O)C=CC(=O)O. The minimum atomic E-state index is -1.26. The van der Waals surface area contributed by atoms with Gasteiger partial charge in [-0.05, 0) is 43.6 Å². The first kappa shape index (κ1) is 19.3. The number of rotatable bonds is 4. The van der Waals surface area contributed by atoms with Crippen molar-refractivity contribution in [1.29, 1.82) is 0 Å². The summed E-state index contributed by atoms with van der Waals surface area (Å²) in [5, 5.41) is 15.6. The first-order chi connectivity index (χ1) is 12.5. The van der Waals surface area contributed by atoms with Gasteiger partial charge in [0.15, 0.2) is 0 Å². The van der Waals surface area contributed by atoms with E-state index in [0.29, 0.717) is 18.2 Å². The monoisotopic (exact) mass is 354 g/mol. The molecule has 0 saturated carbocycles. The molecule has 1 unspecified atom stereocenters. The number of hydrogen-bond acceptors (Lipinski definition) is 4. The number of carboxylic acids is 2. The highest BCUT2D eigenvalue weighted by molar-refractivity contribution is 5.89. The fourth-order valence-corrected chi connectivity index (χ4v) is 2.90. The van der Waals surface area contributed by atoms with Crippen molar-refractivity contribution in [3.8, 4) is 11.1 Å². The zero-order chi connectivity index (χ0) is 18.9. The lowest BCUT2D eigenvalue weighted by atomic mass is 10.0. The second kappa shape index (κ2) is 9.48.